The van der Waals surface area contributed by atoms with E-state index in [4.69, 9.17) is 9.15 Å². The van der Waals surface area contributed by atoms with Gasteiger partial charge < -0.3 is 9.15 Å². The number of carbonyl (C=O) groups excluding carboxylic acids is 2. The number of carbonyl (C=O) groups is 2. The van der Waals surface area contributed by atoms with Crippen LogP contribution in [0.2, 0.25) is 0 Å². The fourth-order valence-electron chi connectivity index (χ4n) is 3.20. The molecule has 0 bridgehead atoms. The van der Waals surface area contributed by atoms with Crippen molar-refractivity contribution in [3.8, 4) is 5.75 Å². The van der Waals surface area contributed by atoms with Gasteiger partial charge in [0.2, 0.25) is 0 Å². The largest absolute Gasteiger partial charge is 0.494 e. The Labute approximate surface area is 181 Å². The summed E-state index contributed by atoms with van der Waals surface area (Å²) in [6.07, 6.45) is 1.51. The highest BCUT2D eigenvalue weighted by molar-refractivity contribution is 8.03. The number of hydrogen-bond acceptors (Lipinski definition) is 5. The third-order valence-corrected chi connectivity index (χ3v) is 5.68. The zero-order valence-corrected chi connectivity index (χ0v) is 17.2. The lowest BCUT2D eigenvalue weighted by atomic mass is 10.1. The van der Waals surface area contributed by atoms with Gasteiger partial charge in [0.15, 0.2) is 0 Å². The van der Waals surface area contributed by atoms with E-state index in [1.165, 1.54) is 6.26 Å². The number of imide groups is 1. The maximum atomic E-state index is 14.4. The van der Waals surface area contributed by atoms with Crippen LogP contribution in [0.3, 0.4) is 0 Å². The maximum Gasteiger partial charge on any atom is 0.272 e. The second-order valence-corrected chi connectivity index (χ2v) is 7.56. The first-order chi connectivity index (χ1) is 15.0. The van der Waals surface area contributed by atoms with E-state index in [1.54, 1.807) is 36.4 Å². The molecule has 1 aliphatic rings. The molecule has 5 nitrogen and oxygen atoms in total. The number of benzene rings is 2. The highest BCUT2D eigenvalue weighted by Gasteiger charge is 2.41. The summed E-state index contributed by atoms with van der Waals surface area (Å²) < 4.78 is 38.9. The Morgan fingerprint density at radius 2 is 1.81 bits per heavy atom. The predicted octanol–water partition coefficient (Wildman–Crippen LogP) is 5.17. The Balaban J connectivity index is 1.75. The Morgan fingerprint density at radius 1 is 1.03 bits per heavy atom. The van der Waals surface area contributed by atoms with Crippen molar-refractivity contribution in [2.45, 2.75) is 12.7 Å². The van der Waals surface area contributed by atoms with Crippen molar-refractivity contribution >= 4 is 34.8 Å². The summed E-state index contributed by atoms with van der Waals surface area (Å²) in [5, 5.41) is 0. The Bertz CT molecular complexity index is 1160. The van der Waals surface area contributed by atoms with E-state index in [-0.39, 0.29) is 10.5 Å². The minimum absolute atomic E-state index is 0.119. The lowest BCUT2D eigenvalue weighted by molar-refractivity contribution is -0.119. The Kier molecular flexibility index (Phi) is 5.90. The van der Waals surface area contributed by atoms with Gasteiger partial charge in [0.1, 0.15) is 23.1 Å². The summed E-state index contributed by atoms with van der Waals surface area (Å²) in [6, 6.07) is 12.8. The van der Waals surface area contributed by atoms with Crippen LogP contribution in [0.4, 0.5) is 14.5 Å². The molecule has 1 aliphatic heterocycles. The second kappa shape index (κ2) is 8.77. The molecule has 0 unspecified atom stereocenters. The van der Waals surface area contributed by atoms with Gasteiger partial charge in [0.05, 0.1) is 34.8 Å². The van der Waals surface area contributed by atoms with Gasteiger partial charge in [-0.05, 0) is 48.9 Å². The van der Waals surface area contributed by atoms with Crippen molar-refractivity contribution in [2.24, 2.45) is 0 Å². The summed E-state index contributed by atoms with van der Waals surface area (Å²) in [5.41, 5.74) is 0.170. The molecule has 2 heterocycles. The summed E-state index contributed by atoms with van der Waals surface area (Å²) in [5.74, 6) is -1.54. The number of rotatable bonds is 7. The molecule has 8 heteroatoms. The molecule has 0 spiro atoms. The van der Waals surface area contributed by atoms with E-state index in [1.807, 2.05) is 6.92 Å². The van der Waals surface area contributed by atoms with Crippen LogP contribution in [0.1, 0.15) is 18.2 Å². The summed E-state index contributed by atoms with van der Waals surface area (Å²) >= 11 is 1.11. The Hall–Kier alpha value is -3.39. The average molecular weight is 441 g/mol. The average Bonchev–Trinajstić information content (AvgIpc) is 3.36. The second-order valence-electron chi connectivity index (χ2n) is 6.57. The van der Waals surface area contributed by atoms with Crippen LogP contribution in [0.25, 0.3) is 5.57 Å². The standard InChI is InChI=1S/C23H17F2NO4S/c1-2-29-16-8-5-14(6-9-16)20-21(31-13-17-4-3-11-30-17)23(28)26(22(20)27)19-12-15(24)7-10-18(19)25/h3-12H,2,13H2,1H3. The zero-order valence-electron chi connectivity index (χ0n) is 16.4. The number of ether oxygens (including phenoxy) is 1. The van der Waals surface area contributed by atoms with Crippen molar-refractivity contribution in [3.63, 3.8) is 0 Å². The van der Waals surface area contributed by atoms with E-state index >= 15 is 0 Å². The van der Waals surface area contributed by atoms with Gasteiger partial charge in [-0.1, -0.05) is 12.1 Å². The number of amides is 2. The molecule has 31 heavy (non-hydrogen) atoms. The lowest BCUT2D eigenvalue weighted by Gasteiger charge is -2.16. The first-order valence-electron chi connectivity index (χ1n) is 9.46. The van der Waals surface area contributed by atoms with Crippen molar-refractivity contribution in [2.75, 3.05) is 11.5 Å². The van der Waals surface area contributed by atoms with Gasteiger partial charge in [-0.2, -0.15) is 0 Å². The van der Waals surface area contributed by atoms with Crippen molar-refractivity contribution in [1.29, 1.82) is 0 Å². The van der Waals surface area contributed by atoms with Crippen molar-refractivity contribution < 1.29 is 27.5 Å². The SMILES string of the molecule is CCOc1ccc(C2=C(SCc3ccco3)C(=O)N(c3cc(F)ccc3F)C2=O)cc1. The van der Waals surface area contributed by atoms with Crippen LogP contribution >= 0.6 is 11.8 Å². The molecule has 4 rings (SSSR count). The molecule has 0 atom stereocenters. The van der Waals surface area contributed by atoms with Gasteiger partial charge in [0, 0.05) is 6.07 Å². The smallest absolute Gasteiger partial charge is 0.272 e. The van der Waals surface area contributed by atoms with Crippen LogP contribution in [0.15, 0.2) is 70.2 Å². The third kappa shape index (κ3) is 4.11. The van der Waals surface area contributed by atoms with Crippen LogP contribution < -0.4 is 9.64 Å². The summed E-state index contributed by atoms with van der Waals surface area (Å²) in [4.78, 5) is 27.2. The van der Waals surface area contributed by atoms with E-state index < -0.39 is 29.1 Å². The monoisotopic (exact) mass is 441 g/mol. The summed E-state index contributed by atoms with van der Waals surface area (Å²) in [7, 11) is 0. The lowest BCUT2D eigenvalue weighted by Crippen LogP contribution is -2.32. The van der Waals surface area contributed by atoms with Gasteiger partial charge in [-0.25, -0.2) is 13.7 Å². The van der Waals surface area contributed by atoms with E-state index in [0.717, 1.165) is 30.0 Å². The molecule has 1 aromatic heterocycles. The van der Waals surface area contributed by atoms with Crippen molar-refractivity contribution in [1.82, 2.24) is 0 Å². The number of thioether (sulfide) groups is 1. The van der Waals surface area contributed by atoms with Crippen molar-refractivity contribution in [3.05, 3.63) is 88.7 Å². The molecule has 0 saturated heterocycles. The van der Waals surface area contributed by atoms with Gasteiger partial charge in [0.25, 0.3) is 11.8 Å². The molecule has 0 radical (unpaired) electrons. The van der Waals surface area contributed by atoms with E-state index in [0.29, 0.717) is 34.3 Å². The molecule has 0 fully saturated rings. The zero-order chi connectivity index (χ0) is 22.0. The number of anilines is 1. The fourth-order valence-corrected chi connectivity index (χ4v) is 4.21. The first-order valence-corrected chi connectivity index (χ1v) is 10.4. The van der Waals surface area contributed by atoms with E-state index in [2.05, 4.69) is 0 Å². The topological polar surface area (TPSA) is 59.8 Å². The molecule has 158 valence electrons. The van der Waals surface area contributed by atoms with Gasteiger partial charge >= 0.3 is 0 Å². The molecule has 0 aliphatic carbocycles. The predicted molar refractivity (Wildman–Crippen MR) is 113 cm³/mol. The quantitative estimate of drug-likeness (QED) is 0.473. The number of hydrogen-bond donors (Lipinski definition) is 0. The number of furan rings is 1. The maximum absolute atomic E-state index is 14.4. The highest BCUT2D eigenvalue weighted by Crippen LogP contribution is 2.40. The summed E-state index contributed by atoms with van der Waals surface area (Å²) in [6.45, 7) is 2.33. The van der Waals surface area contributed by atoms with Crippen LogP contribution in [0.5, 0.6) is 5.75 Å². The fraction of sp³-hybridized carbons (Fsp3) is 0.130. The normalized spacial score (nSPS) is 14.0. The molecule has 3 aromatic rings. The first kappa shape index (κ1) is 20.9. The van der Waals surface area contributed by atoms with Crippen LogP contribution in [-0.4, -0.2) is 18.4 Å². The minimum atomic E-state index is -0.869. The molecule has 2 amide bonds. The Morgan fingerprint density at radius 3 is 2.48 bits per heavy atom. The molecule has 0 N–H and O–H groups in total. The molecular weight excluding hydrogens is 424 g/mol. The highest BCUT2D eigenvalue weighted by atomic mass is 32.2. The van der Waals surface area contributed by atoms with E-state index in [9.17, 15) is 18.4 Å². The third-order valence-electron chi connectivity index (χ3n) is 4.58. The van der Waals surface area contributed by atoms with Gasteiger partial charge in [-0.3, -0.25) is 9.59 Å². The minimum Gasteiger partial charge on any atom is -0.494 e. The number of halogens is 2. The number of nitrogens with zero attached hydrogens (tertiary/aromatic N) is 1. The molecule has 0 saturated carbocycles. The van der Waals surface area contributed by atoms with Crippen LogP contribution in [-0.2, 0) is 15.3 Å². The molecule has 2 aromatic carbocycles. The van der Waals surface area contributed by atoms with Crippen LogP contribution in [0, 0.1) is 11.6 Å². The molecular formula is C23H17F2NO4S. The van der Waals surface area contributed by atoms with Gasteiger partial charge in [-0.15, -0.1) is 11.8 Å².